The van der Waals surface area contributed by atoms with Crippen LogP contribution in [0.1, 0.15) is 37.2 Å². The van der Waals surface area contributed by atoms with Crippen molar-refractivity contribution in [2.45, 2.75) is 41.3 Å². The number of amides is 4. The highest BCUT2D eigenvalue weighted by molar-refractivity contribution is 9.10. The fourth-order valence-electron chi connectivity index (χ4n) is 6.52. The Labute approximate surface area is 230 Å². The first-order valence-electron chi connectivity index (χ1n) is 11.8. The number of nitrogens with zero attached hydrogens (tertiary/aromatic N) is 2. The van der Waals surface area contributed by atoms with Crippen molar-refractivity contribution in [3.8, 4) is 5.75 Å². The number of carboxylic acid groups (broad SMARTS) is 1. The third kappa shape index (κ3) is 3.51. The zero-order chi connectivity index (χ0) is 27.0. The maximum atomic E-state index is 13.6. The van der Waals surface area contributed by atoms with Crippen LogP contribution in [-0.2, 0) is 24.0 Å². The second-order valence-corrected chi connectivity index (χ2v) is 12.2. The number of phenolic OH excluding ortho intramolecular Hbond substituents is 1. The van der Waals surface area contributed by atoms with E-state index in [1.807, 2.05) is 0 Å². The number of fused-ring (bicyclic) bond motifs is 4. The minimum absolute atomic E-state index is 0.0273. The molecule has 1 saturated carbocycles. The van der Waals surface area contributed by atoms with Gasteiger partial charge in [-0.25, -0.2) is 0 Å². The minimum Gasteiger partial charge on any atom is -0.508 e. The van der Waals surface area contributed by atoms with Gasteiger partial charge in [-0.15, -0.1) is 23.2 Å². The number of phenols is 1. The number of allylic oxidation sites excluding steroid dienone is 2. The van der Waals surface area contributed by atoms with Crippen molar-refractivity contribution in [3.63, 3.8) is 0 Å². The Balaban J connectivity index is 1.64. The van der Waals surface area contributed by atoms with Gasteiger partial charge in [-0.3, -0.25) is 33.8 Å². The molecule has 2 saturated heterocycles. The van der Waals surface area contributed by atoms with E-state index in [2.05, 4.69) is 15.9 Å². The monoisotopic (exact) mass is 612 g/mol. The van der Waals surface area contributed by atoms with Crippen LogP contribution in [-0.4, -0.2) is 73.0 Å². The molecule has 2 N–H and O–H groups in total. The first kappa shape index (κ1) is 26.2. The van der Waals surface area contributed by atoms with Gasteiger partial charge in [0.05, 0.1) is 11.8 Å². The van der Waals surface area contributed by atoms with Crippen LogP contribution in [0, 0.1) is 17.8 Å². The summed E-state index contributed by atoms with van der Waals surface area (Å²) in [5, 5.41) is 19.8. The molecule has 0 spiro atoms. The van der Waals surface area contributed by atoms with Crippen LogP contribution < -0.4 is 0 Å². The van der Waals surface area contributed by atoms with Gasteiger partial charge in [0, 0.05) is 36.0 Å². The molecule has 0 bridgehead atoms. The number of halogens is 3. The van der Waals surface area contributed by atoms with Crippen molar-refractivity contribution in [1.29, 1.82) is 0 Å². The number of hydrogen-bond donors (Lipinski definition) is 2. The second kappa shape index (κ2) is 8.81. The minimum atomic E-state index is -1.97. The van der Waals surface area contributed by atoms with Crippen molar-refractivity contribution in [2.24, 2.45) is 17.8 Å². The van der Waals surface area contributed by atoms with Crippen molar-refractivity contribution in [2.75, 3.05) is 13.6 Å². The molecule has 4 aliphatic rings. The molecule has 0 aromatic heterocycles. The van der Waals surface area contributed by atoms with E-state index in [9.17, 15) is 29.1 Å². The fourth-order valence-corrected chi connectivity index (χ4v) is 7.91. The summed E-state index contributed by atoms with van der Waals surface area (Å²) in [4.78, 5) is 62.6. The van der Waals surface area contributed by atoms with Gasteiger partial charge < -0.3 is 10.2 Å². The molecule has 12 heteroatoms. The van der Waals surface area contributed by atoms with Crippen LogP contribution in [0.15, 0.2) is 34.3 Å². The van der Waals surface area contributed by atoms with Gasteiger partial charge in [-0.1, -0.05) is 27.6 Å². The van der Waals surface area contributed by atoms with E-state index in [1.165, 1.54) is 13.1 Å². The number of likely N-dealkylation sites (tertiary alicyclic amines) is 2. The number of aromatic hydroxyl groups is 1. The largest absolute Gasteiger partial charge is 0.508 e. The summed E-state index contributed by atoms with van der Waals surface area (Å²) in [6.45, 7) is -0.0273. The van der Waals surface area contributed by atoms with Gasteiger partial charge in [-0.05, 0) is 43.4 Å². The van der Waals surface area contributed by atoms with Gasteiger partial charge in [-0.2, -0.15) is 0 Å². The predicted molar refractivity (Wildman–Crippen MR) is 135 cm³/mol. The number of imide groups is 2. The summed E-state index contributed by atoms with van der Waals surface area (Å²) >= 11 is 17.5. The molecular formula is C25H23BrCl2N2O7. The zero-order valence-electron chi connectivity index (χ0n) is 19.6. The lowest BCUT2D eigenvalue weighted by molar-refractivity contribution is -0.142. The Bertz CT molecular complexity index is 1300. The third-order valence-electron chi connectivity index (χ3n) is 8.18. The molecule has 1 aromatic carbocycles. The van der Waals surface area contributed by atoms with Crippen LogP contribution in [0.5, 0.6) is 5.75 Å². The SMILES string of the molecule is CN1C(=O)C2(Cl)CC3C(=CCC4C(=O)N(CCCC(=O)O)C(=O)C43)C(c3cc(Br)ccc3O)C2(Cl)C1=O. The van der Waals surface area contributed by atoms with Crippen molar-refractivity contribution in [3.05, 3.63) is 39.9 Å². The van der Waals surface area contributed by atoms with Gasteiger partial charge in [0.15, 0.2) is 9.75 Å². The zero-order valence-corrected chi connectivity index (χ0v) is 22.7. The molecule has 2 aliphatic carbocycles. The number of carboxylic acids is 1. The molecular weight excluding hydrogens is 591 g/mol. The number of carbonyl (C=O) groups excluding carboxylic acids is 4. The van der Waals surface area contributed by atoms with Gasteiger partial charge in [0.1, 0.15) is 5.75 Å². The fraction of sp³-hybridized carbons (Fsp3) is 0.480. The van der Waals surface area contributed by atoms with Crippen LogP contribution in [0.4, 0.5) is 0 Å². The summed E-state index contributed by atoms with van der Waals surface area (Å²) in [5.74, 6) is -6.74. The van der Waals surface area contributed by atoms with Crippen LogP contribution >= 0.6 is 39.1 Å². The summed E-state index contributed by atoms with van der Waals surface area (Å²) in [7, 11) is 1.30. The highest BCUT2D eigenvalue weighted by Gasteiger charge is 2.76. The van der Waals surface area contributed by atoms with E-state index in [0.29, 0.717) is 10.0 Å². The van der Waals surface area contributed by atoms with Gasteiger partial charge in [0.2, 0.25) is 11.8 Å². The molecule has 2 aliphatic heterocycles. The number of aliphatic carboxylic acids is 1. The Morgan fingerprint density at radius 2 is 1.84 bits per heavy atom. The Morgan fingerprint density at radius 3 is 2.51 bits per heavy atom. The smallest absolute Gasteiger partial charge is 0.303 e. The van der Waals surface area contributed by atoms with E-state index >= 15 is 0 Å². The van der Waals surface area contributed by atoms with Gasteiger partial charge >= 0.3 is 5.97 Å². The number of hydrogen-bond acceptors (Lipinski definition) is 6. The number of rotatable bonds is 5. The lowest BCUT2D eigenvalue weighted by Gasteiger charge is -2.50. The lowest BCUT2D eigenvalue weighted by atomic mass is 9.56. The summed E-state index contributed by atoms with van der Waals surface area (Å²) in [5.41, 5.74) is 0.848. The van der Waals surface area contributed by atoms with E-state index in [-0.39, 0.29) is 43.5 Å². The first-order chi connectivity index (χ1) is 17.3. The normalized spacial score (nSPS) is 34.9. The number of carbonyl (C=O) groups is 5. The summed E-state index contributed by atoms with van der Waals surface area (Å²) in [6, 6.07) is 4.65. The maximum Gasteiger partial charge on any atom is 0.303 e. The van der Waals surface area contributed by atoms with Gasteiger partial charge in [0.25, 0.3) is 11.8 Å². The molecule has 6 unspecified atom stereocenters. The predicted octanol–water partition coefficient (Wildman–Crippen LogP) is 3.01. The molecule has 1 aromatic rings. The Morgan fingerprint density at radius 1 is 1.14 bits per heavy atom. The maximum absolute atomic E-state index is 13.6. The molecule has 6 atom stereocenters. The van der Waals surface area contributed by atoms with Crippen molar-refractivity contribution >= 4 is 68.7 Å². The second-order valence-electron chi connectivity index (χ2n) is 10.0. The average molecular weight is 614 g/mol. The topological polar surface area (TPSA) is 132 Å². The average Bonchev–Trinajstić information content (AvgIpc) is 3.16. The van der Waals surface area contributed by atoms with Crippen molar-refractivity contribution < 1.29 is 34.2 Å². The molecule has 196 valence electrons. The Kier molecular flexibility index (Phi) is 6.24. The lowest BCUT2D eigenvalue weighted by Crippen LogP contribution is -2.60. The molecule has 3 fully saturated rings. The summed E-state index contributed by atoms with van der Waals surface area (Å²) in [6.07, 6.45) is 1.76. The molecule has 5 rings (SSSR count). The molecule has 4 amide bonds. The molecule has 9 nitrogen and oxygen atoms in total. The first-order valence-corrected chi connectivity index (χ1v) is 13.3. The van der Waals surface area contributed by atoms with E-state index in [4.69, 9.17) is 28.3 Å². The van der Waals surface area contributed by atoms with Crippen LogP contribution in [0.2, 0.25) is 0 Å². The van der Waals surface area contributed by atoms with E-state index < -0.39 is 63.0 Å². The van der Waals surface area contributed by atoms with Crippen LogP contribution in [0.3, 0.4) is 0 Å². The highest BCUT2D eigenvalue weighted by atomic mass is 79.9. The van der Waals surface area contributed by atoms with Crippen molar-refractivity contribution in [1.82, 2.24) is 9.80 Å². The van der Waals surface area contributed by atoms with E-state index in [1.54, 1.807) is 18.2 Å². The number of alkyl halides is 2. The highest BCUT2D eigenvalue weighted by Crippen LogP contribution is 2.66. The summed E-state index contributed by atoms with van der Waals surface area (Å²) < 4.78 is 0.596. The molecule has 37 heavy (non-hydrogen) atoms. The number of benzene rings is 1. The van der Waals surface area contributed by atoms with Crippen LogP contribution in [0.25, 0.3) is 0 Å². The molecule has 0 radical (unpaired) electrons. The Hall–Kier alpha value is -2.43. The van der Waals surface area contributed by atoms with E-state index in [0.717, 1.165) is 9.80 Å². The quantitative estimate of drug-likeness (QED) is 0.296. The molecule has 2 heterocycles. The standard InChI is InChI=1S/C25H23BrCl2N2O7/c1-29-22(36)24(27)10-15-12(19(25(24,28)23(29)37)14-9-11(26)4-7-16(14)31)5-6-13-18(15)21(35)30(20(13)34)8-2-3-17(32)33/h4-5,7,9,13,15,18-19,31H,2-3,6,8,10H2,1H3,(H,32,33). The third-order valence-corrected chi connectivity index (χ3v) is 10.1.